The van der Waals surface area contributed by atoms with E-state index in [-0.39, 0.29) is 12.8 Å². The summed E-state index contributed by atoms with van der Waals surface area (Å²) in [4.78, 5) is 9.70. The van der Waals surface area contributed by atoms with Gasteiger partial charge in [-0.05, 0) is 0 Å². The van der Waals surface area contributed by atoms with Gasteiger partial charge >= 0.3 is 0 Å². The van der Waals surface area contributed by atoms with Crippen LogP contribution in [0.2, 0.25) is 0 Å². The number of aliphatic hydroxyl groups is 1. The lowest BCUT2D eigenvalue weighted by Gasteiger charge is -2.28. The van der Waals surface area contributed by atoms with E-state index >= 15 is 0 Å². The molecular formula is C6H17N2O3+. The SMILES string of the molecule is C[N+](C)(C)C(O)COC=O.N. The van der Waals surface area contributed by atoms with Gasteiger partial charge in [0.15, 0.2) is 6.61 Å². The van der Waals surface area contributed by atoms with Crippen molar-refractivity contribution in [1.29, 1.82) is 0 Å². The maximum absolute atomic E-state index is 9.70. The third-order valence-electron chi connectivity index (χ3n) is 1.21. The van der Waals surface area contributed by atoms with Crippen LogP contribution < -0.4 is 6.15 Å². The van der Waals surface area contributed by atoms with Gasteiger partial charge in [0.1, 0.15) is 0 Å². The zero-order valence-corrected chi connectivity index (χ0v) is 7.28. The number of quaternary nitrogens is 1. The molecule has 5 nitrogen and oxygen atoms in total. The summed E-state index contributed by atoms with van der Waals surface area (Å²) in [5.74, 6) is 0. The van der Waals surface area contributed by atoms with Gasteiger partial charge in [-0.15, -0.1) is 0 Å². The van der Waals surface area contributed by atoms with Gasteiger partial charge in [0.05, 0.1) is 21.1 Å². The molecule has 0 amide bonds. The summed E-state index contributed by atoms with van der Waals surface area (Å²) in [7, 11) is 5.45. The monoisotopic (exact) mass is 165 g/mol. The molecule has 0 aromatic heterocycles. The van der Waals surface area contributed by atoms with Crippen molar-refractivity contribution in [1.82, 2.24) is 6.15 Å². The molecule has 0 saturated carbocycles. The molecule has 0 radical (unpaired) electrons. The van der Waals surface area contributed by atoms with E-state index in [0.29, 0.717) is 11.0 Å². The van der Waals surface area contributed by atoms with Gasteiger partial charge in [0, 0.05) is 0 Å². The molecule has 0 aliphatic carbocycles. The standard InChI is InChI=1S/C6H14NO3.H3N/c1-7(2,3)6(9)4-10-5-8;/h5-6,9H,4H2,1-3H3;1H3/q+1;. The highest BCUT2D eigenvalue weighted by atomic mass is 16.5. The van der Waals surface area contributed by atoms with E-state index < -0.39 is 6.23 Å². The van der Waals surface area contributed by atoms with E-state index in [1.54, 1.807) is 0 Å². The fourth-order valence-electron chi connectivity index (χ4n) is 0.349. The molecule has 11 heavy (non-hydrogen) atoms. The normalized spacial score (nSPS) is 13.1. The summed E-state index contributed by atoms with van der Waals surface area (Å²) < 4.78 is 4.74. The van der Waals surface area contributed by atoms with Gasteiger partial charge in [-0.3, -0.25) is 4.79 Å². The Morgan fingerprint density at radius 2 is 2.00 bits per heavy atom. The molecule has 1 atom stereocenters. The lowest BCUT2D eigenvalue weighted by molar-refractivity contribution is -0.918. The van der Waals surface area contributed by atoms with E-state index in [9.17, 15) is 9.90 Å². The van der Waals surface area contributed by atoms with Crippen LogP contribution in [0.15, 0.2) is 0 Å². The second kappa shape index (κ2) is 5.06. The number of carbonyl (C=O) groups excluding carboxylic acids is 1. The molecule has 0 spiro atoms. The van der Waals surface area contributed by atoms with Crippen molar-refractivity contribution in [2.45, 2.75) is 6.23 Å². The molecule has 0 aromatic carbocycles. The first-order valence-corrected chi connectivity index (χ1v) is 3.03. The lowest BCUT2D eigenvalue weighted by atomic mass is 10.5. The average Bonchev–Trinajstić information content (AvgIpc) is 1.80. The first kappa shape index (κ1) is 13.0. The molecular weight excluding hydrogens is 148 g/mol. The Hall–Kier alpha value is -0.650. The first-order valence-electron chi connectivity index (χ1n) is 3.03. The molecule has 0 aliphatic rings. The van der Waals surface area contributed by atoms with E-state index in [1.807, 2.05) is 21.1 Å². The summed E-state index contributed by atoms with van der Waals surface area (Å²) in [6.07, 6.45) is -0.648. The topological polar surface area (TPSA) is 81.5 Å². The Labute approximate surface area is 66.7 Å². The van der Waals surface area contributed by atoms with Crippen LogP contribution in [0.5, 0.6) is 0 Å². The number of carbonyl (C=O) groups is 1. The van der Waals surface area contributed by atoms with Gasteiger partial charge < -0.3 is 20.5 Å². The molecule has 4 N–H and O–H groups in total. The van der Waals surface area contributed by atoms with Crippen molar-refractivity contribution >= 4 is 6.47 Å². The molecule has 0 rings (SSSR count). The van der Waals surface area contributed by atoms with Crippen LogP contribution in [0.25, 0.3) is 0 Å². The van der Waals surface area contributed by atoms with E-state index in [2.05, 4.69) is 4.74 Å². The smallest absolute Gasteiger partial charge is 0.293 e. The summed E-state index contributed by atoms with van der Waals surface area (Å²) in [5, 5.41) is 9.21. The van der Waals surface area contributed by atoms with Gasteiger partial charge in [0.25, 0.3) is 6.47 Å². The molecule has 1 unspecified atom stereocenters. The third-order valence-corrected chi connectivity index (χ3v) is 1.21. The molecule has 0 aliphatic heterocycles. The van der Waals surface area contributed by atoms with E-state index in [0.717, 1.165) is 0 Å². The second-order valence-electron chi connectivity index (χ2n) is 3.03. The van der Waals surface area contributed by atoms with Crippen LogP contribution in [0.3, 0.4) is 0 Å². The minimum Gasteiger partial charge on any atom is -0.459 e. The number of nitrogens with zero attached hydrogens (tertiary/aromatic N) is 1. The minimum atomic E-state index is -0.648. The zero-order chi connectivity index (χ0) is 8.20. The van der Waals surface area contributed by atoms with Crippen molar-refractivity contribution in [2.75, 3.05) is 27.7 Å². The summed E-state index contributed by atoms with van der Waals surface area (Å²) in [6, 6.07) is 0. The Morgan fingerprint density at radius 1 is 1.55 bits per heavy atom. The Balaban J connectivity index is 0. The lowest BCUT2D eigenvalue weighted by Crippen LogP contribution is -2.47. The molecule has 0 heterocycles. The quantitative estimate of drug-likeness (QED) is 0.329. The van der Waals surface area contributed by atoms with Crippen LogP contribution in [0, 0.1) is 0 Å². The Kier molecular flexibility index (Phi) is 5.97. The molecule has 0 aromatic rings. The number of ether oxygens (including phenoxy) is 1. The van der Waals surface area contributed by atoms with Crippen LogP contribution in [0.4, 0.5) is 0 Å². The van der Waals surface area contributed by atoms with Gasteiger partial charge in [-0.25, -0.2) is 0 Å². The van der Waals surface area contributed by atoms with Crippen LogP contribution in [-0.2, 0) is 9.53 Å². The number of hydrogen-bond donors (Lipinski definition) is 2. The maximum Gasteiger partial charge on any atom is 0.293 e. The van der Waals surface area contributed by atoms with Gasteiger partial charge in [0.2, 0.25) is 6.23 Å². The first-order chi connectivity index (χ1) is 4.48. The fraction of sp³-hybridized carbons (Fsp3) is 0.833. The molecule has 0 fully saturated rings. The van der Waals surface area contributed by atoms with Crippen LogP contribution in [0.1, 0.15) is 0 Å². The predicted molar refractivity (Wildman–Crippen MR) is 41.1 cm³/mol. The number of hydrogen-bond acceptors (Lipinski definition) is 4. The zero-order valence-electron chi connectivity index (χ0n) is 7.28. The average molecular weight is 165 g/mol. The van der Waals surface area contributed by atoms with Crippen molar-refractivity contribution in [2.24, 2.45) is 0 Å². The van der Waals surface area contributed by atoms with Crippen molar-refractivity contribution < 1.29 is 19.1 Å². The Morgan fingerprint density at radius 3 is 2.27 bits per heavy atom. The highest BCUT2D eigenvalue weighted by Crippen LogP contribution is 1.97. The van der Waals surface area contributed by atoms with Crippen molar-refractivity contribution in [3.63, 3.8) is 0 Å². The second-order valence-corrected chi connectivity index (χ2v) is 3.03. The largest absolute Gasteiger partial charge is 0.459 e. The van der Waals surface area contributed by atoms with Gasteiger partial charge in [-0.2, -0.15) is 0 Å². The van der Waals surface area contributed by atoms with Crippen molar-refractivity contribution in [3.8, 4) is 0 Å². The van der Waals surface area contributed by atoms with E-state index in [1.165, 1.54) is 0 Å². The third kappa shape index (κ3) is 5.78. The predicted octanol–water partition coefficient (Wildman–Crippen LogP) is -0.654. The molecule has 0 saturated heterocycles. The molecule has 5 heteroatoms. The van der Waals surface area contributed by atoms with Crippen LogP contribution in [-0.4, -0.2) is 50.0 Å². The Bertz CT molecular complexity index is 111. The highest BCUT2D eigenvalue weighted by molar-refractivity contribution is 5.36. The van der Waals surface area contributed by atoms with Gasteiger partial charge in [-0.1, -0.05) is 0 Å². The van der Waals surface area contributed by atoms with Crippen molar-refractivity contribution in [3.05, 3.63) is 0 Å². The molecule has 0 bridgehead atoms. The number of rotatable bonds is 4. The van der Waals surface area contributed by atoms with Crippen LogP contribution >= 0.6 is 0 Å². The number of likely N-dealkylation sites (N-methyl/N-ethyl adjacent to an activating group) is 1. The number of aliphatic hydroxyl groups excluding tert-OH is 1. The maximum atomic E-state index is 9.70. The summed E-state index contributed by atoms with van der Waals surface area (Å²) in [6.45, 7) is 0.381. The highest BCUT2D eigenvalue weighted by Gasteiger charge is 2.20. The summed E-state index contributed by atoms with van der Waals surface area (Å²) >= 11 is 0. The van der Waals surface area contributed by atoms with E-state index in [4.69, 9.17) is 0 Å². The molecule has 68 valence electrons. The summed E-state index contributed by atoms with van der Waals surface area (Å²) in [5.41, 5.74) is 0. The fourth-order valence-corrected chi connectivity index (χ4v) is 0.349. The minimum absolute atomic E-state index is 0.